The van der Waals surface area contributed by atoms with E-state index in [0.717, 1.165) is 5.56 Å². The summed E-state index contributed by atoms with van der Waals surface area (Å²) in [5.74, 6) is 5.78. The van der Waals surface area contributed by atoms with E-state index in [1.807, 2.05) is 0 Å². The van der Waals surface area contributed by atoms with Crippen molar-refractivity contribution in [1.82, 2.24) is 0 Å². The molecule has 0 spiro atoms. The average molecular weight is 229 g/mol. The standard InChI is InChI=1S/C11H11N5O/c12-11(17)15-10-6-4-9(5-7-10)3-1-2-8-14-16-13/h4-7H,2,8H2,(H3,12,15,17). The third kappa shape index (κ3) is 5.11. The second kappa shape index (κ2) is 6.77. The molecule has 0 radical (unpaired) electrons. The summed E-state index contributed by atoms with van der Waals surface area (Å²) in [5, 5.41) is 5.82. The number of nitrogens with two attached hydrogens (primary N) is 1. The summed E-state index contributed by atoms with van der Waals surface area (Å²) in [5.41, 5.74) is 14.5. The van der Waals surface area contributed by atoms with Crippen LogP contribution in [0, 0.1) is 11.8 Å². The largest absolute Gasteiger partial charge is 0.351 e. The molecule has 3 N–H and O–H groups in total. The molecule has 0 bridgehead atoms. The lowest BCUT2D eigenvalue weighted by atomic mass is 10.2. The Morgan fingerprint density at radius 3 is 2.76 bits per heavy atom. The van der Waals surface area contributed by atoms with Gasteiger partial charge in [0.15, 0.2) is 0 Å². The van der Waals surface area contributed by atoms with Gasteiger partial charge >= 0.3 is 6.03 Å². The molecule has 86 valence electrons. The number of carbonyl (C=O) groups is 1. The summed E-state index contributed by atoms with van der Waals surface area (Å²) in [6.45, 7) is 0.366. The molecule has 17 heavy (non-hydrogen) atoms. The molecule has 1 aromatic carbocycles. The molecule has 0 aromatic heterocycles. The maximum absolute atomic E-state index is 10.6. The fraction of sp³-hybridized carbons (Fsp3) is 0.182. The van der Waals surface area contributed by atoms with E-state index in [4.69, 9.17) is 11.3 Å². The Morgan fingerprint density at radius 2 is 2.18 bits per heavy atom. The number of carbonyl (C=O) groups excluding carboxylic acids is 1. The van der Waals surface area contributed by atoms with E-state index in [-0.39, 0.29) is 0 Å². The minimum atomic E-state index is -0.599. The van der Waals surface area contributed by atoms with Crippen LogP contribution in [0.5, 0.6) is 0 Å². The number of rotatable bonds is 3. The van der Waals surface area contributed by atoms with Gasteiger partial charge in [-0.25, -0.2) is 4.79 Å². The molecule has 0 saturated carbocycles. The first-order chi connectivity index (χ1) is 8.22. The Morgan fingerprint density at radius 1 is 1.47 bits per heavy atom. The molecule has 0 aliphatic heterocycles. The van der Waals surface area contributed by atoms with E-state index in [0.29, 0.717) is 18.7 Å². The molecule has 0 aliphatic carbocycles. The van der Waals surface area contributed by atoms with Crippen molar-refractivity contribution in [3.63, 3.8) is 0 Å². The number of hydrogen-bond acceptors (Lipinski definition) is 2. The van der Waals surface area contributed by atoms with Crippen molar-refractivity contribution in [3.8, 4) is 11.8 Å². The predicted molar refractivity (Wildman–Crippen MR) is 65.2 cm³/mol. The zero-order chi connectivity index (χ0) is 12.5. The van der Waals surface area contributed by atoms with E-state index in [1.165, 1.54) is 0 Å². The molecule has 2 amide bonds. The van der Waals surface area contributed by atoms with Crippen molar-refractivity contribution < 1.29 is 4.79 Å². The molecule has 0 fully saturated rings. The summed E-state index contributed by atoms with van der Waals surface area (Å²) in [6.07, 6.45) is 0.519. The van der Waals surface area contributed by atoms with Crippen molar-refractivity contribution in [3.05, 3.63) is 40.3 Å². The van der Waals surface area contributed by atoms with Crippen molar-refractivity contribution >= 4 is 11.7 Å². The van der Waals surface area contributed by atoms with E-state index >= 15 is 0 Å². The van der Waals surface area contributed by atoms with Crippen LogP contribution in [0.4, 0.5) is 10.5 Å². The molecular weight excluding hydrogens is 218 g/mol. The van der Waals surface area contributed by atoms with Crippen molar-refractivity contribution in [1.29, 1.82) is 0 Å². The van der Waals surface area contributed by atoms with Gasteiger partial charge in [0.2, 0.25) is 0 Å². The Hall–Kier alpha value is -2.64. The maximum Gasteiger partial charge on any atom is 0.316 e. The number of urea groups is 1. The van der Waals surface area contributed by atoms with Gasteiger partial charge in [-0.15, -0.1) is 0 Å². The van der Waals surface area contributed by atoms with Crippen LogP contribution in [0.3, 0.4) is 0 Å². The molecule has 6 heteroatoms. The van der Waals surface area contributed by atoms with Gasteiger partial charge in [0.05, 0.1) is 0 Å². The van der Waals surface area contributed by atoms with Gasteiger partial charge in [-0.05, 0) is 29.8 Å². The van der Waals surface area contributed by atoms with Gasteiger partial charge < -0.3 is 11.1 Å². The normalized spacial score (nSPS) is 8.47. The number of benzene rings is 1. The molecule has 0 aliphatic rings. The molecule has 0 heterocycles. The fourth-order valence-corrected chi connectivity index (χ4v) is 1.09. The zero-order valence-electron chi connectivity index (χ0n) is 9.05. The number of hydrogen-bond donors (Lipinski definition) is 2. The smallest absolute Gasteiger partial charge is 0.316 e. The summed E-state index contributed by atoms with van der Waals surface area (Å²) in [7, 11) is 0. The summed E-state index contributed by atoms with van der Waals surface area (Å²) >= 11 is 0. The van der Waals surface area contributed by atoms with Crippen molar-refractivity contribution in [2.75, 3.05) is 11.9 Å². The van der Waals surface area contributed by atoms with Crippen LogP contribution in [-0.2, 0) is 0 Å². The number of amides is 2. The lowest BCUT2D eigenvalue weighted by Crippen LogP contribution is -2.19. The van der Waals surface area contributed by atoms with Gasteiger partial charge in [-0.1, -0.05) is 17.0 Å². The van der Waals surface area contributed by atoms with E-state index in [2.05, 4.69) is 27.2 Å². The molecule has 0 atom stereocenters. The number of anilines is 1. The summed E-state index contributed by atoms with van der Waals surface area (Å²) in [6, 6.07) is 6.36. The molecule has 1 aromatic rings. The highest BCUT2D eigenvalue weighted by Crippen LogP contribution is 2.08. The Kier molecular flexibility index (Phi) is 4.95. The highest BCUT2D eigenvalue weighted by Gasteiger charge is 1.94. The van der Waals surface area contributed by atoms with Gasteiger partial charge in [0.1, 0.15) is 0 Å². The number of nitrogens with one attached hydrogen (secondary N) is 1. The van der Waals surface area contributed by atoms with Crippen LogP contribution in [0.15, 0.2) is 29.4 Å². The monoisotopic (exact) mass is 229 g/mol. The first kappa shape index (κ1) is 12.4. The lowest BCUT2D eigenvalue weighted by Gasteiger charge is -2.00. The minimum Gasteiger partial charge on any atom is -0.351 e. The Bertz CT molecular complexity index is 491. The van der Waals surface area contributed by atoms with Gasteiger partial charge in [-0.3, -0.25) is 0 Å². The van der Waals surface area contributed by atoms with Gasteiger partial charge in [-0.2, -0.15) is 0 Å². The summed E-state index contributed by atoms with van der Waals surface area (Å²) in [4.78, 5) is 13.2. The quantitative estimate of drug-likeness (QED) is 0.268. The first-order valence-corrected chi connectivity index (χ1v) is 4.88. The number of azide groups is 1. The fourth-order valence-electron chi connectivity index (χ4n) is 1.09. The third-order valence-electron chi connectivity index (χ3n) is 1.79. The SMILES string of the molecule is [N-]=[N+]=NCCC#Cc1ccc(NC(N)=O)cc1. The third-order valence-corrected chi connectivity index (χ3v) is 1.79. The van der Waals surface area contributed by atoms with Crippen molar-refractivity contribution in [2.45, 2.75) is 6.42 Å². The van der Waals surface area contributed by atoms with Crippen LogP contribution >= 0.6 is 0 Å². The van der Waals surface area contributed by atoms with E-state index in [1.54, 1.807) is 24.3 Å². The molecule has 0 unspecified atom stereocenters. The highest BCUT2D eigenvalue weighted by atomic mass is 16.2. The predicted octanol–water partition coefficient (Wildman–Crippen LogP) is 2.23. The van der Waals surface area contributed by atoms with Gasteiger partial charge in [0, 0.05) is 29.1 Å². The second-order valence-corrected chi connectivity index (χ2v) is 3.07. The minimum absolute atomic E-state index is 0.366. The molecule has 6 nitrogen and oxygen atoms in total. The second-order valence-electron chi connectivity index (χ2n) is 3.07. The maximum atomic E-state index is 10.6. The topological polar surface area (TPSA) is 104 Å². The molecular formula is C11H11N5O. The van der Waals surface area contributed by atoms with Crippen molar-refractivity contribution in [2.24, 2.45) is 10.8 Å². The van der Waals surface area contributed by atoms with Crippen LogP contribution < -0.4 is 11.1 Å². The summed E-state index contributed by atoms with van der Waals surface area (Å²) < 4.78 is 0. The lowest BCUT2D eigenvalue weighted by molar-refractivity contribution is 0.259. The van der Waals surface area contributed by atoms with Crippen LogP contribution in [0.1, 0.15) is 12.0 Å². The molecule has 0 saturated heterocycles. The number of nitrogens with zero attached hydrogens (tertiary/aromatic N) is 3. The molecule has 1 rings (SSSR count). The van der Waals surface area contributed by atoms with Crippen LogP contribution in [-0.4, -0.2) is 12.6 Å². The number of primary amides is 1. The highest BCUT2D eigenvalue weighted by molar-refractivity contribution is 5.87. The average Bonchev–Trinajstić information content (AvgIpc) is 2.30. The van der Waals surface area contributed by atoms with Crippen LogP contribution in [0.2, 0.25) is 0 Å². The van der Waals surface area contributed by atoms with E-state index < -0.39 is 6.03 Å². The Balaban J connectivity index is 2.55. The zero-order valence-corrected chi connectivity index (χ0v) is 9.05. The van der Waals surface area contributed by atoms with Crippen LogP contribution in [0.25, 0.3) is 10.4 Å². The van der Waals surface area contributed by atoms with E-state index in [9.17, 15) is 4.79 Å². The first-order valence-electron chi connectivity index (χ1n) is 4.88. The Labute approximate surface area is 98.4 Å². The van der Waals surface area contributed by atoms with Gasteiger partial charge in [0.25, 0.3) is 0 Å².